The number of rotatable bonds is 8. The van der Waals surface area contributed by atoms with Crippen LogP contribution < -0.4 is 15.5 Å². The summed E-state index contributed by atoms with van der Waals surface area (Å²) in [6.45, 7) is 4.55. The Labute approximate surface area is 203 Å². The zero-order valence-corrected chi connectivity index (χ0v) is 19.2. The zero-order valence-electron chi connectivity index (χ0n) is 19.2. The molecule has 0 aliphatic carbocycles. The van der Waals surface area contributed by atoms with Gasteiger partial charge in [0.05, 0.1) is 11.5 Å². The van der Waals surface area contributed by atoms with Crippen molar-refractivity contribution < 1.29 is 14.5 Å². The molecule has 0 bridgehead atoms. The van der Waals surface area contributed by atoms with Crippen LogP contribution in [0, 0.1) is 10.1 Å². The number of benzene rings is 3. The highest BCUT2D eigenvalue weighted by atomic mass is 16.6. The van der Waals surface area contributed by atoms with Crippen molar-refractivity contribution in [1.29, 1.82) is 0 Å². The van der Waals surface area contributed by atoms with Gasteiger partial charge in [0.25, 0.3) is 11.6 Å². The van der Waals surface area contributed by atoms with Gasteiger partial charge in [-0.05, 0) is 35.9 Å². The van der Waals surface area contributed by atoms with E-state index in [1.54, 1.807) is 0 Å². The Bertz CT molecular complexity index is 1180. The van der Waals surface area contributed by atoms with Crippen LogP contribution in [0.2, 0.25) is 0 Å². The van der Waals surface area contributed by atoms with Gasteiger partial charge in [0.2, 0.25) is 5.91 Å². The van der Waals surface area contributed by atoms with Crippen LogP contribution in [0.5, 0.6) is 0 Å². The van der Waals surface area contributed by atoms with Crippen LogP contribution in [0.4, 0.5) is 17.1 Å². The van der Waals surface area contributed by atoms with Gasteiger partial charge in [-0.25, -0.2) is 0 Å². The molecule has 1 aliphatic rings. The van der Waals surface area contributed by atoms with Gasteiger partial charge in [0.1, 0.15) is 0 Å². The molecule has 1 saturated heterocycles. The van der Waals surface area contributed by atoms with Crippen molar-refractivity contribution in [2.24, 2.45) is 0 Å². The first-order chi connectivity index (χ1) is 17.0. The SMILES string of the molecule is O=C(CNC(=O)c1cccc([N+](=O)[O-])c1)Nc1ccc(N2CCN(Cc3ccccc3)CC2)cc1. The van der Waals surface area contributed by atoms with E-state index in [9.17, 15) is 19.7 Å². The molecule has 0 radical (unpaired) electrons. The molecular formula is C26H27N5O4. The third-order valence-corrected chi connectivity index (χ3v) is 5.87. The Hall–Kier alpha value is -4.24. The van der Waals surface area contributed by atoms with Crippen LogP contribution in [-0.2, 0) is 11.3 Å². The molecule has 0 saturated carbocycles. The minimum Gasteiger partial charge on any atom is -0.369 e. The molecule has 3 aromatic rings. The molecule has 3 aromatic carbocycles. The molecule has 0 atom stereocenters. The van der Waals surface area contributed by atoms with E-state index in [-0.39, 0.29) is 23.7 Å². The van der Waals surface area contributed by atoms with Crippen molar-refractivity contribution in [2.45, 2.75) is 6.54 Å². The summed E-state index contributed by atoms with van der Waals surface area (Å²) >= 11 is 0. The molecule has 35 heavy (non-hydrogen) atoms. The quantitative estimate of drug-likeness (QED) is 0.384. The molecule has 1 heterocycles. The Balaban J connectivity index is 1.22. The fraction of sp³-hybridized carbons (Fsp3) is 0.231. The maximum Gasteiger partial charge on any atom is 0.270 e. The number of nitrogens with one attached hydrogen (secondary N) is 2. The summed E-state index contributed by atoms with van der Waals surface area (Å²) in [7, 11) is 0. The molecular weight excluding hydrogens is 446 g/mol. The van der Waals surface area contributed by atoms with Crippen molar-refractivity contribution in [3.63, 3.8) is 0 Å². The number of carbonyl (C=O) groups is 2. The Morgan fingerprint density at radius 2 is 1.60 bits per heavy atom. The molecule has 4 rings (SSSR count). The van der Waals surface area contributed by atoms with E-state index in [0.29, 0.717) is 5.69 Å². The van der Waals surface area contributed by atoms with Crippen molar-refractivity contribution in [3.8, 4) is 0 Å². The first kappa shape index (κ1) is 23.9. The first-order valence-electron chi connectivity index (χ1n) is 11.4. The van der Waals surface area contributed by atoms with Crippen LogP contribution in [0.25, 0.3) is 0 Å². The van der Waals surface area contributed by atoms with Crippen LogP contribution in [0.1, 0.15) is 15.9 Å². The average molecular weight is 474 g/mol. The number of piperazine rings is 1. The van der Waals surface area contributed by atoms with E-state index >= 15 is 0 Å². The van der Waals surface area contributed by atoms with Crippen molar-refractivity contribution >= 4 is 28.9 Å². The number of hydrogen-bond donors (Lipinski definition) is 2. The van der Waals surface area contributed by atoms with E-state index in [2.05, 4.69) is 44.7 Å². The molecule has 2 amide bonds. The van der Waals surface area contributed by atoms with E-state index in [4.69, 9.17) is 0 Å². The molecule has 0 aromatic heterocycles. The Morgan fingerprint density at radius 3 is 2.29 bits per heavy atom. The van der Waals surface area contributed by atoms with Gasteiger partial charge in [-0.1, -0.05) is 36.4 Å². The lowest BCUT2D eigenvalue weighted by Crippen LogP contribution is -2.45. The van der Waals surface area contributed by atoms with Gasteiger partial charge >= 0.3 is 0 Å². The van der Waals surface area contributed by atoms with Gasteiger partial charge in [0, 0.05) is 61.8 Å². The third kappa shape index (κ3) is 6.64. The molecule has 1 aliphatic heterocycles. The van der Waals surface area contributed by atoms with Crippen LogP contribution in [0.15, 0.2) is 78.9 Å². The fourth-order valence-corrected chi connectivity index (χ4v) is 3.99. The fourth-order valence-electron chi connectivity index (χ4n) is 3.99. The average Bonchev–Trinajstić information content (AvgIpc) is 2.89. The summed E-state index contributed by atoms with van der Waals surface area (Å²) in [5.41, 5.74) is 3.00. The maximum absolute atomic E-state index is 12.2. The number of amides is 2. The second-order valence-corrected chi connectivity index (χ2v) is 8.33. The number of nitrogens with zero attached hydrogens (tertiary/aromatic N) is 3. The highest BCUT2D eigenvalue weighted by molar-refractivity contribution is 5.99. The highest BCUT2D eigenvalue weighted by Gasteiger charge is 2.17. The molecule has 2 N–H and O–H groups in total. The number of non-ortho nitro benzene ring substituents is 1. The minimum atomic E-state index is -0.572. The molecule has 180 valence electrons. The summed E-state index contributed by atoms with van der Waals surface area (Å²) in [4.78, 5) is 39.5. The van der Waals surface area contributed by atoms with E-state index in [1.165, 1.54) is 29.8 Å². The molecule has 9 nitrogen and oxygen atoms in total. The number of nitro benzene ring substituents is 1. The number of anilines is 2. The molecule has 0 spiro atoms. The lowest BCUT2D eigenvalue weighted by atomic mass is 10.2. The summed E-state index contributed by atoms with van der Waals surface area (Å²) in [6, 6.07) is 23.5. The van der Waals surface area contributed by atoms with Gasteiger partial charge in [-0.15, -0.1) is 0 Å². The lowest BCUT2D eigenvalue weighted by Gasteiger charge is -2.36. The van der Waals surface area contributed by atoms with E-state index in [0.717, 1.165) is 38.4 Å². The summed E-state index contributed by atoms with van der Waals surface area (Å²) in [5.74, 6) is -0.934. The third-order valence-electron chi connectivity index (χ3n) is 5.87. The number of hydrogen-bond acceptors (Lipinski definition) is 6. The predicted molar refractivity (Wildman–Crippen MR) is 134 cm³/mol. The van der Waals surface area contributed by atoms with Gasteiger partial charge in [-0.3, -0.25) is 24.6 Å². The standard InChI is InChI=1S/C26H27N5O4/c32-25(18-27-26(33)21-7-4-8-24(17-21)31(34)35)28-22-9-11-23(12-10-22)30-15-13-29(14-16-30)19-20-5-2-1-3-6-20/h1-12,17H,13-16,18-19H2,(H,27,33)(H,28,32). The Kier molecular flexibility index (Phi) is 7.69. The van der Waals surface area contributed by atoms with Crippen molar-refractivity contribution in [1.82, 2.24) is 10.2 Å². The normalized spacial score (nSPS) is 13.8. The lowest BCUT2D eigenvalue weighted by molar-refractivity contribution is -0.384. The minimum absolute atomic E-state index is 0.125. The topological polar surface area (TPSA) is 108 Å². The summed E-state index contributed by atoms with van der Waals surface area (Å²) in [5, 5.41) is 16.1. The zero-order chi connectivity index (χ0) is 24.6. The predicted octanol–water partition coefficient (Wildman–Crippen LogP) is 3.29. The summed E-state index contributed by atoms with van der Waals surface area (Å²) in [6.07, 6.45) is 0. The van der Waals surface area contributed by atoms with E-state index in [1.807, 2.05) is 30.3 Å². The van der Waals surface area contributed by atoms with Gasteiger partial charge < -0.3 is 15.5 Å². The maximum atomic E-state index is 12.2. The Morgan fingerprint density at radius 1 is 0.886 bits per heavy atom. The van der Waals surface area contributed by atoms with Crippen LogP contribution >= 0.6 is 0 Å². The van der Waals surface area contributed by atoms with Gasteiger partial charge in [-0.2, -0.15) is 0 Å². The highest BCUT2D eigenvalue weighted by Crippen LogP contribution is 2.20. The van der Waals surface area contributed by atoms with Crippen LogP contribution in [-0.4, -0.2) is 54.4 Å². The van der Waals surface area contributed by atoms with Gasteiger partial charge in [0.15, 0.2) is 0 Å². The van der Waals surface area contributed by atoms with Crippen molar-refractivity contribution in [3.05, 3.63) is 100 Å². The number of carbonyl (C=O) groups excluding carboxylic acids is 2. The first-order valence-corrected chi connectivity index (χ1v) is 11.4. The second kappa shape index (κ2) is 11.3. The molecule has 9 heteroatoms. The number of nitro groups is 1. The van der Waals surface area contributed by atoms with Crippen molar-refractivity contribution in [2.75, 3.05) is 42.9 Å². The smallest absolute Gasteiger partial charge is 0.270 e. The molecule has 1 fully saturated rings. The van der Waals surface area contributed by atoms with E-state index < -0.39 is 10.8 Å². The largest absolute Gasteiger partial charge is 0.369 e. The monoisotopic (exact) mass is 473 g/mol. The summed E-state index contributed by atoms with van der Waals surface area (Å²) < 4.78 is 0. The second-order valence-electron chi connectivity index (χ2n) is 8.33. The molecule has 0 unspecified atom stereocenters. The van der Waals surface area contributed by atoms with Crippen LogP contribution in [0.3, 0.4) is 0 Å².